The van der Waals surface area contributed by atoms with Gasteiger partial charge in [-0.3, -0.25) is 0 Å². The van der Waals surface area contributed by atoms with Gasteiger partial charge in [-0.25, -0.2) is 0 Å². The molecule has 0 fully saturated rings. The molecule has 0 radical (unpaired) electrons. The number of phosphoric ester groups is 1. The molecule has 0 unspecified atom stereocenters. The van der Waals surface area contributed by atoms with Crippen LogP contribution in [0.5, 0.6) is 23.0 Å². The third kappa shape index (κ3) is 6.71. The Balaban J connectivity index is 0.00000364. The van der Waals surface area contributed by atoms with Crippen LogP contribution in [0.1, 0.15) is 11.1 Å². The van der Waals surface area contributed by atoms with E-state index in [9.17, 15) is 14.4 Å². The second-order valence-corrected chi connectivity index (χ2v) is 6.95. The monoisotopic (exact) mass is 466 g/mol. The van der Waals surface area contributed by atoms with Crippen LogP contribution in [0.3, 0.4) is 0 Å². The first-order valence-corrected chi connectivity index (χ1v) is 9.52. The van der Waals surface area contributed by atoms with Gasteiger partial charge in [0.2, 0.25) is 0 Å². The molecule has 0 saturated carbocycles. The number of hydrogen-bond donors (Lipinski definition) is 0. The van der Waals surface area contributed by atoms with Crippen LogP contribution in [-0.2, 0) is 4.57 Å². The van der Waals surface area contributed by atoms with Crippen LogP contribution in [0, 0.1) is 0 Å². The Hall–Kier alpha value is -1.22. The Morgan fingerprint density at radius 2 is 1.48 bits per heavy atom. The maximum atomic E-state index is 10.9. The van der Waals surface area contributed by atoms with Crippen molar-refractivity contribution in [3.63, 3.8) is 0 Å². The summed E-state index contributed by atoms with van der Waals surface area (Å²) >= 11 is 3.41. The van der Waals surface area contributed by atoms with Gasteiger partial charge < -0.3 is 33.1 Å². The summed E-state index contributed by atoms with van der Waals surface area (Å²) in [5, 5.41) is 0. The van der Waals surface area contributed by atoms with E-state index in [1.54, 1.807) is 31.4 Å². The van der Waals surface area contributed by atoms with E-state index in [-0.39, 0.29) is 34.6 Å². The zero-order valence-corrected chi connectivity index (χ0v) is 18.8. The molecule has 7 nitrogen and oxygen atoms in total. The molecule has 2 rings (SSSR count). The van der Waals surface area contributed by atoms with Gasteiger partial charge in [-0.05, 0) is 51.3 Å². The van der Waals surface area contributed by atoms with Gasteiger partial charge in [0, 0.05) is 0 Å². The molecule has 0 aliphatic heterocycles. The minimum atomic E-state index is -5.19. The van der Waals surface area contributed by atoms with Crippen molar-refractivity contribution in [3.05, 3.63) is 45.9 Å². The van der Waals surface area contributed by atoms with Gasteiger partial charge in [0.15, 0.2) is 23.0 Å². The molecule has 10 heteroatoms. The Morgan fingerprint density at radius 3 is 2.04 bits per heavy atom. The first kappa shape index (κ1) is 23.8. The van der Waals surface area contributed by atoms with Crippen molar-refractivity contribution in [2.45, 2.75) is 0 Å². The Morgan fingerprint density at radius 1 is 0.889 bits per heavy atom. The standard InChI is InChI=1S/C17H18BrO7P.Mg/c1-22-14-7-6-11(9-15(14)25-26(19,20)21)4-5-12-8-13(18)17(24-3)16(10-12)23-2;/h4-10H,1-3H3,(H2,19,20,21);/q;+2/p-2/b5-4-;. The summed E-state index contributed by atoms with van der Waals surface area (Å²) in [5.74, 6) is 1.10. The molecule has 2 aromatic rings. The second kappa shape index (κ2) is 10.4. The van der Waals surface area contributed by atoms with Gasteiger partial charge in [-0.2, -0.15) is 0 Å². The molecule has 0 aliphatic rings. The summed E-state index contributed by atoms with van der Waals surface area (Å²) < 4.78 is 31.6. The summed E-state index contributed by atoms with van der Waals surface area (Å²) in [6, 6.07) is 8.22. The number of phosphoric acid groups is 1. The number of ether oxygens (including phenoxy) is 3. The first-order valence-electron chi connectivity index (χ1n) is 7.26. The molecule has 0 saturated heterocycles. The predicted octanol–water partition coefficient (Wildman–Crippen LogP) is 2.47. The van der Waals surface area contributed by atoms with Crippen LogP contribution < -0.4 is 28.5 Å². The molecular weight excluding hydrogens is 451 g/mol. The van der Waals surface area contributed by atoms with Crippen molar-refractivity contribution in [2.75, 3.05) is 21.3 Å². The first-order chi connectivity index (χ1) is 12.3. The van der Waals surface area contributed by atoms with Crippen LogP contribution >= 0.6 is 23.8 Å². The molecule has 0 atom stereocenters. The molecule has 2 aromatic carbocycles. The van der Waals surface area contributed by atoms with E-state index in [1.807, 2.05) is 6.07 Å². The zero-order chi connectivity index (χ0) is 19.3. The Kier molecular flexibility index (Phi) is 9.13. The van der Waals surface area contributed by atoms with E-state index in [0.29, 0.717) is 17.1 Å². The minimum absolute atomic E-state index is 0. The van der Waals surface area contributed by atoms with Crippen molar-refractivity contribution in [1.82, 2.24) is 0 Å². The molecule has 0 aromatic heterocycles. The number of methoxy groups -OCH3 is 3. The molecular formula is C17H16BrMgO7P. The predicted molar refractivity (Wildman–Crippen MR) is 103 cm³/mol. The maximum Gasteiger partial charge on any atom is 2.00 e. The van der Waals surface area contributed by atoms with Crippen molar-refractivity contribution < 1.29 is 33.1 Å². The van der Waals surface area contributed by atoms with Crippen LogP contribution in [0.2, 0.25) is 0 Å². The van der Waals surface area contributed by atoms with Gasteiger partial charge in [-0.15, -0.1) is 0 Å². The third-order valence-electron chi connectivity index (χ3n) is 3.32. The molecule has 0 amide bonds. The molecule has 0 spiro atoms. The SMILES string of the molecule is COc1ccc(/C=C\c2cc(Br)c(OC)c(OC)c2)cc1OP(=O)([O-])[O-].[Mg+2]. The van der Waals surface area contributed by atoms with E-state index < -0.39 is 7.82 Å². The molecule has 0 N–H and O–H groups in total. The van der Waals surface area contributed by atoms with Gasteiger partial charge >= 0.3 is 23.1 Å². The van der Waals surface area contributed by atoms with Gasteiger partial charge in [0.05, 0.1) is 25.8 Å². The van der Waals surface area contributed by atoms with Crippen molar-refractivity contribution in [3.8, 4) is 23.0 Å². The quantitative estimate of drug-likeness (QED) is 0.350. The second-order valence-electron chi connectivity index (χ2n) is 5.02. The van der Waals surface area contributed by atoms with Crippen LogP contribution in [-0.4, -0.2) is 44.4 Å². The van der Waals surface area contributed by atoms with E-state index in [4.69, 9.17) is 14.2 Å². The number of hydrogen-bond acceptors (Lipinski definition) is 7. The van der Waals surface area contributed by atoms with Crippen molar-refractivity contribution in [1.29, 1.82) is 0 Å². The van der Waals surface area contributed by atoms with E-state index in [0.717, 1.165) is 10.0 Å². The van der Waals surface area contributed by atoms with Crippen molar-refractivity contribution in [2.24, 2.45) is 0 Å². The Bertz CT molecular complexity index is 867. The fourth-order valence-electron chi connectivity index (χ4n) is 2.22. The molecule has 0 heterocycles. The average molecular weight is 467 g/mol. The number of rotatable bonds is 7. The average Bonchev–Trinajstić information content (AvgIpc) is 2.58. The zero-order valence-electron chi connectivity index (χ0n) is 14.9. The smallest absolute Gasteiger partial charge is 0.780 e. The van der Waals surface area contributed by atoms with E-state index in [2.05, 4.69) is 20.5 Å². The minimum Gasteiger partial charge on any atom is -0.780 e. The van der Waals surface area contributed by atoms with E-state index >= 15 is 0 Å². The summed E-state index contributed by atoms with van der Waals surface area (Å²) in [7, 11) is -0.765. The van der Waals surface area contributed by atoms with Gasteiger partial charge in [0.25, 0.3) is 0 Å². The summed E-state index contributed by atoms with van der Waals surface area (Å²) in [5.41, 5.74) is 1.42. The normalized spacial score (nSPS) is 11.0. The fourth-order valence-corrected chi connectivity index (χ4v) is 3.22. The maximum absolute atomic E-state index is 10.9. The Labute approximate surface area is 181 Å². The molecule has 140 valence electrons. The van der Waals surface area contributed by atoms with Gasteiger partial charge in [0.1, 0.15) is 7.82 Å². The molecule has 27 heavy (non-hydrogen) atoms. The van der Waals surface area contributed by atoms with Crippen LogP contribution in [0.15, 0.2) is 34.8 Å². The topological polar surface area (TPSA) is 100 Å². The van der Waals surface area contributed by atoms with E-state index in [1.165, 1.54) is 26.4 Å². The number of halogens is 1. The largest absolute Gasteiger partial charge is 2.00 e. The summed E-state index contributed by atoms with van der Waals surface area (Å²) in [6.45, 7) is 0. The number of benzene rings is 2. The summed E-state index contributed by atoms with van der Waals surface area (Å²) in [4.78, 5) is 21.7. The van der Waals surface area contributed by atoms with Crippen LogP contribution in [0.4, 0.5) is 0 Å². The van der Waals surface area contributed by atoms with Gasteiger partial charge in [-0.1, -0.05) is 18.2 Å². The molecule has 0 aliphatic carbocycles. The molecule has 0 bridgehead atoms. The fraction of sp³-hybridized carbons (Fsp3) is 0.176. The van der Waals surface area contributed by atoms with Crippen LogP contribution in [0.25, 0.3) is 12.2 Å². The summed E-state index contributed by atoms with van der Waals surface area (Å²) in [6.07, 6.45) is 3.51. The third-order valence-corrected chi connectivity index (χ3v) is 4.33. The van der Waals surface area contributed by atoms with Crippen molar-refractivity contribution >= 4 is 59.0 Å².